The number of hydrogen-bond donors (Lipinski definition) is 2. The molecule has 0 unspecified atom stereocenters. The van der Waals surface area contributed by atoms with E-state index in [9.17, 15) is 13.5 Å². The highest BCUT2D eigenvalue weighted by atomic mass is 32.2. The molecular weight excluding hydrogens is 444 g/mol. The number of rotatable bonds is 8. The Balaban J connectivity index is 1.75. The Morgan fingerprint density at radius 1 is 1.18 bits per heavy atom. The zero-order valence-electron chi connectivity index (χ0n) is 18.4. The molecule has 0 aliphatic heterocycles. The smallest absolute Gasteiger partial charge is 0.267 e. The van der Waals surface area contributed by atoms with E-state index >= 15 is 0 Å². The summed E-state index contributed by atoms with van der Waals surface area (Å²) in [6.07, 6.45) is 4.68. The topological polar surface area (TPSA) is 132 Å². The molecule has 2 N–H and O–H groups in total. The van der Waals surface area contributed by atoms with Gasteiger partial charge in [-0.1, -0.05) is 18.2 Å². The van der Waals surface area contributed by atoms with Crippen LogP contribution in [-0.4, -0.2) is 50.5 Å². The number of aryl methyl sites for hydroxylation is 1. The lowest BCUT2D eigenvalue weighted by molar-refractivity contribution is 0.0547. The average Bonchev–Trinajstić information content (AvgIpc) is 3.19. The second-order valence-corrected chi connectivity index (χ2v) is 9.84. The van der Waals surface area contributed by atoms with Crippen LogP contribution in [0.5, 0.6) is 5.88 Å². The standard InChI is InChI=1S/C22H24N6O4S/c1-22(2,29)9-11-32-20-12-19(17-6-4-8-18-16(17)7-5-10-23-18)25-21(26-20)27-33(30,31)15-13-24-28(3)14-15/h4-8,10,12-14,29H,9,11H2,1-3H3,(H,25,26,27). The van der Waals surface area contributed by atoms with Crippen molar-refractivity contribution in [3.63, 3.8) is 0 Å². The lowest BCUT2D eigenvalue weighted by Crippen LogP contribution is -2.22. The highest BCUT2D eigenvalue weighted by Crippen LogP contribution is 2.29. The second-order valence-electron chi connectivity index (χ2n) is 8.16. The van der Waals surface area contributed by atoms with Crippen LogP contribution < -0.4 is 9.46 Å². The first-order valence-electron chi connectivity index (χ1n) is 10.2. The fourth-order valence-corrected chi connectivity index (χ4v) is 4.06. The molecule has 33 heavy (non-hydrogen) atoms. The van der Waals surface area contributed by atoms with Gasteiger partial charge in [0.1, 0.15) is 4.90 Å². The normalized spacial score (nSPS) is 12.1. The Morgan fingerprint density at radius 3 is 2.73 bits per heavy atom. The predicted molar refractivity (Wildman–Crippen MR) is 123 cm³/mol. The molecule has 3 aromatic heterocycles. The van der Waals surface area contributed by atoms with E-state index in [2.05, 4.69) is 24.8 Å². The molecule has 172 valence electrons. The summed E-state index contributed by atoms with van der Waals surface area (Å²) in [4.78, 5) is 13.0. The quantitative estimate of drug-likeness (QED) is 0.403. The SMILES string of the molecule is Cn1cc(S(=O)(=O)Nc2nc(OCCC(C)(C)O)cc(-c3cccc4ncccc34)n2)cn1. The van der Waals surface area contributed by atoms with Crippen LogP contribution in [0.4, 0.5) is 5.95 Å². The lowest BCUT2D eigenvalue weighted by atomic mass is 10.1. The number of anilines is 1. The minimum Gasteiger partial charge on any atom is -0.477 e. The number of hydrogen-bond acceptors (Lipinski definition) is 8. The van der Waals surface area contributed by atoms with Gasteiger partial charge < -0.3 is 9.84 Å². The van der Waals surface area contributed by atoms with Crippen molar-refractivity contribution in [3.05, 3.63) is 55.0 Å². The van der Waals surface area contributed by atoms with E-state index in [4.69, 9.17) is 4.74 Å². The van der Waals surface area contributed by atoms with Gasteiger partial charge >= 0.3 is 0 Å². The third-order valence-corrected chi connectivity index (χ3v) is 6.09. The molecule has 0 radical (unpaired) electrons. The van der Waals surface area contributed by atoms with Crippen molar-refractivity contribution in [1.82, 2.24) is 24.7 Å². The molecule has 4 rings (SSSR count). The van der Waals surface area contributed by atoms with Crippen molar-refractivity contribution in [3.8, 4) is 17.1 Å². The summed E-state index contributed by atoms with van der Waals surface area (Å²) in [6.45, 7) is 3.54. The van der Waals surface area contributed by atoms with E-state index in [1.807, 2.05) is 30.3 Å². The summed E-state index contributed by atoms with van der Waals surface area (Å²) in [5.41, 5.74) is 1.07. The van der Waals surface area contributed by atoms with Crippen LogP contribution in [0.15, 0.2) is 59.9 Å². The maximum atomic E-state index is 12.8. The zero-order chi connectivity index (χ0) is 23.6. The Morgan fingerprint density at radius 2 is 2.00 bits per heavy atom. The number of aliphatic hydroxyl groups is 1. The van der Waals surface area contributed by atoms with E-state index in [-0.39, 0.29) is 23.3 Å². The van der Waals surface area contributed by atoms with E-state index in [0.717, 1.165) is 16.5 Å². The molecule has 0 fully saturated rings. The van der Waals surface area contributed by atoms with Gasteiger partial charge in [0.25, 0.3) is 10.0 Å². The molecular formula is C22H24N6O4S. The van der Waals surface area contributed by atoms with Gasteiger partial charge in [-0.25, -0.2) is 18.1 Å². The van der Waals surface area contributed by atoms with Crippen molar-refractivity contribution in [1.29, 1.82) is 0 Å². The van der Waals surface area contributed by atoms with Crippen molar-refractivity contribution in [2.24, 2.45) is 7.05 Å². The lowest BCUT2D eigenvalue weighted by Gasteiger charge is -2.17. The fraction of sp³-hybridized carbons (Fsp3) is 0.273. The summed E-state index contributed by atoms with van der Waals surface area (Å²) < 4.78 is 35.1. The number of ether oxygens (including phenoxy) is 1. The van der Waals surface area contributed by atoms with Gasteiger partial charge in [0, 0.05) is 42.9 Å². The van der Waals surface area contributed by atoms with Crippen molar-refractivity contribution < 1.29 is 18.3 Å². The highest BCUT2D eigenvalue weighted by Gasteiger charge is 2.20. The Bertz CT molecular complexity index is 1390. The van der Waals surface area contributed by atoms with Crippen LogP contribution in [0.1, 0.15) is 20.3 Å². The van der Waals surface area contributed by atoms with Crippen LogP contribution in [-0.2, 0) is 17.1 Å². The molecule has 0 aliphatic carbocycles. The molecule has 10 nitrogen and oxygen atoms in total. The Hall–Kier alpha value is -3.57. The van der Waals surface area contributed by atoms with Crippen LogP contribution in [0.2, 0.25) is 0 Å². The molecule has 0 saturated heterocycles. The maximum absolute atomic E-state index is 12.8. The Labute approximate surface area is 191 Å². The zero-order valence-corrected chi connectivity index (χ0v) is 19.2. The van der Waals surface area contributed by atoms with Crippen LogP contribution in [0.3, 0.4) is 0 Å². The number of benzene rings is 1. The van der Waals surface area contributed by atoms with Gasteiger partial charge in [0.15, 0.2) is 0 Å². The number of sulfonamides is 1. The van der Waals surface area contributed by atoms with E-state index in [1.165, 1.54) is 17.1 Å². The molecule has 4 aromatic rings. The molecule has 0 atom stereocenters. The summed E-state index contributed by atoms with van der Waals surface area (Å²) in [6, 6.07) is 11.0. The number of pyridine rings is 1. The van der Waals surface area contributed by atoms with Crippen LogP contribution >= 0.6 is 0 Å². The fourth-order valence-electron chi connectivity index (χ4n) is 3.13. The first-order chi connectivity index (χ1) is 15.6. The first kappa shape index (κ1) is 22.6. The third-order valence-electron chi connectivity index (χ3n) is 4.81. The molecule has 0 aliphatic rings. The van der Waals surface area contributed by atoms with Crippen molar-refractivity contribution >= 4 is 26.9 Å². The van der Waals surface area contributed by atoms with E-state index in [0.29, 0.717) is 12.1 Å². The Kier molecular flexibility index (Phi) is 6.00. The van der Waals surface area contributed by atoms with Crippen LogP contribution in [0, 0.1) is 0 Å². The number of nitrogens with one attached hydrogen (secondary N) is 1. The average molecular weight is 469 g/mol. The van der Waals surface area contributed by atoms with Gasteiger partial charge in [-0.3, -0.25) is 9.67 Å². The number of aromatic nitrogens is 5. The molecule has 0 saturated carbocycles. The predicted octanol–water partition coefficient (Wildman–Crippen LogP) is 2.77. The molecule has 3 heterocycles. The second kappa shape index (κ2) is 8.75. The molecule has 1 aromatic carbocycles. The molecule has 0 spiro atoms. The summed E-state index contributed by atoms with van der Waals surface area (Å²) >= 11 is 0. The van der Waals surface area contributed by atoms with Crippen molar-refractivity contribution in [2.45, 2.75) is 30.8 Å². The minimum atomic E-state index is -3.96. The largest absolute Gasteiger partial charge is 0.477 e. The van der Waals surface area contributed by atoms with Gasteiger partial charge in [0.2, 0.25) is 11.8 Å². The van der Waals surface area contributed by atoms with Gasteiger partial charge in [-0.05, 0) is 26.0 Å². The van der Waals surface area contributed by atoms with Crippen LogP contribution in [0.25, 0.3) is 22.2 Å². The molecule has 11 heteroatoms. The third kappa shape index (κ3) is 5.44. The highest BCUT2D eigenvalue weighted by molar-refractivity contribution is 7.92. The summed E-state index contributed by atoms with van der Waals surface area (Å²) in [7, 11) is -2.34. The summed E-state index contributed by atoms with van der Waals surface area (Å²) in [5.74, 6) is 0.0320. The number of fused-ring (bicyclic) bond motifs is 1. The molecule has 0 amide bonds. The first-order valence-corrected chi connectivity index (χ1v) is 11.7. The van der Waals surface area contributed by atoms with Crippen molar-refractivity contribution in [2.75, 3.05) is 11.3 Å². The minimum absolute atomic E-state index is 0.0159. The monoisotopic (exact) mass is 468 g/mol. The van der Waals surface area contributed by atoms with Gasteiger partial charge in [-0.15, -0.1) is 0 Å². The van der Waals surface area contributed by atoms with Gasteiger partial charge in [-0.2, -0.15) is 10.1 Å². The molecule has 0 bridgehead atoms. The number of nitrogens with zero attached hydrogens (tertiary/aromatic N) is 5. The van der Waals surface area contributed by atoms with Gasteiger partial charge in [0.05, 0.1) is 29.6 Å². The van der Waals surface area contributed by atoms with E-state index in [1.54, 1.807) is 33.2 Å². The summed E-state index contributed by atoms with van der Waals surface area (Å²) in [5, 5.41) is 14.7. The van der Waals surface area contributed by atoms with E-state index < -0.39 is 15.6 Å². The maximum Gasteiger partial charge on any atom is 0.267 e.